The van der Waals surface area contributed by atoms with Gasteiger partial charge in [0.25, 0.3) is 0 Å². The Labute approximate surface area is 125 Å². The highest BCUT2D eigenvalue weighted by atomic mass is 14.9. The van der Waals surface area contributed by atoms with Crippen LogP contribution in [-0.2, 0) is 6.42 Å². The van der Waals surface area contributed by atoms with Gasteiger partial charge in [-0.3, -0.25) is 0 Å². The zero-order valence-electron chi connectivity index (χ0n) is 12.3. The lowest BCUT2D eigenvalue weighted by Crippen LogP contribution is -2.24. The van der Waals surface area contributed by atoms with Gasteiger partial charge in [0.15, 0.2) is 0 Å². The summed E-state index contributed by atoms with van der Waals surface area (Å²) >= 11 is 0. The predicted octanol–water partition coefficient (Wildman–Crippen LogP) is 3.85. The molecular formula is C18H21N3. The number of H-pyrrole nitrogens is 1. The maximum Gasteiger partial charge on any atom is 0.107 e. The summed E-state index contributed by atoms with van der Waals surface area (Å²) in [5.41, 5.74) is 1.32. The number of nitrogens with zero attached hydrogens (tertiary/aromatic N) is 1. The van der Waals surface area contributed by atoms with Crippen LogP contribution in [0.2, 0.25) is 0 Å². The van der Waals surface area contributed by atoms with E-state index in [9.17, 15) is 0 Å². The first-order chi connectivity index (χ1) is 10.4. The van der Waals surface area contributed by atoms with Gasteiger partial charge in [0.05, 0.1) is 0 Å². The van der Waals surface area contributed by atoms with E-state index in [1.165, 1.54) is 16.3 Å². The Morgan fingerprint density at radius 2 is 2.00 bits per heavy atom. The zero-order chi connectivity index (χ0) is 14.5. The molecule has 0 aliphatic carbocycles. The SMILES string of the molecule is CCCNC(Cc1ncc[nH]1)c1ccc2ccccc2c1. The molecule has 21 heavy (non-hydrogen) atoms. The van der Waals surface area contributed by atoms with E-state index in [1.54, 1.807) is 0 Å². The van der Waals surface area contributed by atoms with E-state index >= 15 is 0 Å². The van der Waals surface area contributed by atoms with Gasteiger partial charge in [-0.1, -0.05) is 43.3 Å². The number of nitrogens with one attached hydrogen (secondary N) is 2. The molecule has 0 spiro atoms. The maximum absolute atomic E-state index is 4.36. The smallest absolute Gasteiger partial charge is 0.107 e. The first kappa shape index (κ1) is 13.8. The Kier molecular flexibility index (Phi) is 4.31. The van der Waals surface area contributed by atoms with E-state index in [-0.39, 0.29) is 0 Å². The van der Waals surface area contributed by atoms with Crippen LogP contribution in [-0.4, -0.2) is 16.5 Å². The van der Waals surface area contributed by atoms with Crippen molar-refractivity contribution in [3.8, 4) is 0 Å². The van der Waals surface area contributed by atoms with E-state index in [0.717, 1.165) is 25.2 Å². The quantitative estimate of drug-likeness (QED) is 0.719. The fraction of sp³-hybridized carbons (Fsp3) is 0.278. The van der Waals surface area contributed by atoms with Gasteiger partial charge in [-0.15, -0.1) is 0 Å². The van der Waals surface area contributed by atoms with Crippen molar-refractivity contribution >= 4 is 10.8 Å². The summed E-state index contributed by atoms with van der Waals surface area (Å²) in [6.45, 7) is 3.20. The average molecular weight is 279 g/mol. The molecule has 108 valence electrons. The highest BCUT2D eigenvalue weighted by molar-refractivity contribution is 5.83. The van der Waals surface area contributed by atoms with Crippen molar-refractivity contribution < 1.29 is 0 Å². The van der Waals surface area contributed by atoms with Gasteiger partial charge >= 0.3 is 0 Å². The summed E-state index contributed by atoms with van der Waals surface area (Å²) in [7, 11) is 0. The second-order valence-corrected chi connectivity index (χ2v) is 5.35. The molecule has 0 saturated carbocycles. The molecule has 0 aliphatic heterocycles. The number of hydrogen-bond donors (Lipinski definition) is 2. The summed E-state index contributed by atoms with van der Waals surface area (Å²) in [5.74, 6) is 1.02. The van der Waals surface area contributed by atoms with Crippen molar-refractivity contribution in [2.24, 2.45) is 0 Å². The maximum atomic E-state index is 4.36. The van der Waals surface area contributed by atoms with Gasteiger partial charge in [-0.25, -0.2) is 4.98 Å². The summed E-state index contributed by atoms with van der Waals surface area (Å²) in [6, 6.07) is 15.5. The molecule has 1 atom stereocenters. The van der Waals surface area contributed by atoms with E-state index in [1.807, 2.05) is 12.4 Å². The second kappa shape index (κ2) is 6.55. The number of benzene rings is 2. The van der Waals surface area contributed by atoms with Crippen LogP contribution in [0.5, 0.6) is 0 Å². The van der Waals surface area contributed by atoms with Crippen LogP contribution in [0.25, 0.3) is 10.8 Å². The van der Waals surface area contributed by atoms with Crippen molar-refractivity contribution in [3.05, 3.63) is 66.2 Å². The molecule has 1 heterocycles. The van der Waals surface area contributed by atoms with Crippen LogP contribution < -0.4 is 5.32 Å². The Morgan fingerprint density at radius 1 is 1.14 bits per heavy atom. The molecule has 0 aliphatic rings. The summed E-state index contributed by atoms with van der Waals surface area (Å²) in [5, 5.41) is 6.20. The van der Waals surface area contributed by atoms with Crippen LogP contribution in [0.4, 0.5) is 0 Å². The molecule has 0 bridgehead atoms. The lowest BCUT2D eigenvalue weighted by Gasteiger charge is -2.18. The van der Waals surface area contributed by atoms with Gasteiger partial charge in [0.2, 0.25) is 0 Å². The molecule has 2 N–H and O–H groups in total. The van der Waals surface area contributed by atoms with Gasteiger partial charge < -0.3 is 10.3 Å². The topological polar surface area (TPSA) is 40.7 Å². The van der Waals surface area contributed by atoms with E-state index in [4.69, 9.17) is 0 Å². The molecule has 3 rings (SSSR count). The molecule has 3 heteroatoms. The monoisotopic (exact) mass is 279 g/mol. The number of hydrogen-bond acceptors (Lipinski definition) is 2. The van der Waals surface area contributed by atoms with Gasteiger partial charge in [-0.05, 0) is 35.4 Å². The lowest BCUT2D eigenvalue weighted by molar-refractivity contribution is 0.521. The van der Waals surface area contributed by atoms with Crippen LogP contribution in [0, 0.1) is 0 Å². The lowest BCUT2D eigenvalue weighted by atomic mass is 9.99. The molecule has 1 unspecified atom stereocenters. The molecule has 3 nitrogen and oxygen atoms in total. The Bertz CT molecular complexity index is 689. The van der Waals surface area contributed by atoms with Crippen molar-refractivity contribution in [2.75, 3.05) is 6.54 Å². The van der Waals surface area contributed by atoms with E-state index < -0.39 is 0 Å². The standard InChI is InChI=1S/C18H21N3/c1-2-9-19-17(13-18-20-10-11-21-18)16-8-7-14-5-3-4-6-15(14)12-16/h3-8,10-12,17,19H,2,9,13H2,1H3,(H,20,21). The molecule has 0 saturated heterocycles. The first-order valence-electron chi connectivity index (χ1n) is 7.57. The number of aromatic amines is 1. The van der Waals surface area contributed by atoms with Gasteiger partial charge in [0, 0.05) is 24.9 Å². The average Bonchev–Trinajstić information content (AvgIpc) is 3.04. The summed E-state index contributed by atoms with van der Waals surface area (Å²) in [4.78, 5) is 7.56. The minimum absolute atomic E-state index is 0.292. The van der Waals surface area contributed by atoms with Crippen molar-refractivity contribution in [3.63, 3.8) is 0 Å². The van der Waals surface area contributed by atoms with Crippen LogP contribution in [0.15, 0.2) is 54.9 Å². The molecule has 1 aromatic heterocycles. The minimum Gasteiger partial charge on any atom is -0.349 e. The fourth-order valence-electron chi connectivity index (χ4n) is 2.65. The van der Waals surface area contributed by atoms with Crippen molar-refractivity contribution in [1.82, 2.24) is 15.3 Å². The Morgan fingerprint density at radius 3 is 2.76 bits per heavy atom. The highest BCUT2D eigenvalue weighted by Crippen LogP contribution is 2.22. The minimum atomic E-state index is 0.292. The molecule has 2 aromatic carbocycles. The molecule has 3 aromatic rings. The van der Waals surface area contributed by atoms with Crippen molar-refractivity contribution in [2.45, 2.75) is 25.8 Å². The van der Waals surface area contributed by atoms with Crippen LogP contribution >= 0.6 is 0 Å². The van der Waals surface area contributed by atoms with Crippen LogP contribution in [0.1, 0.15) is 30.8 Å². The first-order valence-corrected chi connectivity index (χ1v) is 7.57. The fourth-order valence-corrected chi connectivity index (χ4v) is 2.65. The number of imidazole rings is 1. The highest BCUT2D eigenvalue weighted by Gasteiger charge is 2.13. The number of aromatic nitrogens is 2. The third-order valence-electron chi connectivity index (χ3n) is 3.77. The third kappa shape index (κ3) is 3.31. The molecule has 0 amide bonds. The molecule has 0 fully saturated rings. The van der Waals surface area contributed by atoms with Crippen LogP contribution in [0.3, 0.4) is 0 Å². The molecular weight excluding hydrogens is 258 g/mol. The number of fused-ring (bicyclic) bond motifs is 1. The third-order valence-corrected chi connectivity index (χ3v) is 3.77. The largest absolute Gasteiger partial charge is 0.349 e. The van der Waals surface area contributed by atoms with Crippen molar-refractivity contribution in [1.29, 1.82) is 0 Å². The van der Waals surface area contributed by atoms with E-state index in [0.29, 0.717) is 6.04 Å². The number of rotatable bonds is 6. The second-order valence-electron chi connectivity index (χ2n) is 5.35. The van der Waals surface area contributed by atoms with E-state index in [2.05, 4.69) is 64.7 Å². The summed E-state index contributed by atoms with van der Waals surface area (Å²) < 4.78 is 0. The Balaban J connectivity index is 1.89. The normalized spacial score (nSPS) is 12.6. The zero-order valence-corrected chi connectivity index (χ0v) is 12.3. The Hall–Kier alpha value is -2.13. The van der Waals surface area contributed by atoms with Gasteiger partial charge in [-0.2, -0.15) is 0 Å². The summed E-state index contributed by atoms with van der Waals surface area (Å²) in [6.07, 6.45) is 5.70. The molecule has 0 radical (unpaired) electrons. The predicted molar refractivity (Wildman–Crippen MR) is 87.3 cm³/mol. The van der Waals surface area contributed by atoms with Gasteiger partial charge in [0.1, 0.15) is 5.82 Å².